The highest BCUT2D eigenvalue weighted by molar-refractivity contribution is 5.95. The van der Waals surface area contributed by atoms with Crippen LogP contribution in [-0.4, -0.2) is 69.2 Å². The number of halogens is 3. The number of fused-ring (bicyclic) bond motifs is 2. The van der Waals surface area contributed by atoms with Crippen LogP contribution in [0.2, 0.25) is 0 Å². The number of rotatable bonds is 8. The van der Waals surface area contributed by atoms with E-state index in [1.54, 1.807) is 23.6 Å². The Morgan fingerprint density at radius 2 is 1.98 bits per heavy atom. The van der Waals surface area contributed by atoms with E-state index in [1.807, 2.05) is 19.9 Å². The lowest BCUT2D eigenvalue weighted by Crippen LogP contribution is -2.60. The van der Waals surface area contributed by atoms with Crippen molar-refractivity contribution < 1.29 is 32.3 Å². The lowest BCUT2D eigenvalue weighted by Gasteiger charge is -2.35. The Labute approximate surface area is 234 Å². The number of nitriles is 1. The van der Waals surface area contributed by atoms with E-state index in [0.717, 1.165) is 0 Å². The Bertz CT molecular complexity index is 1480. The van der Waals surface area contributed by atoms with Crippen molar-refractivity contribution in [3.8, 4) is 18.4 Å². The molecular formula is C28H29F3N6O4. The number of amides is 3. The van der Waals surface area contributed by atoms with Crippen molar-refractivity contribution in [3.05, 3.63) is 35.7 Å². The van der Waals surface area contributed by atoms with Crippen molar-refractivity contribution >= 4 is 23.2 Å². The number of piperidine rings is 1. The van der Waals surface area contributed by atoms with Gasteiger partial charge in [-0.1, -0.05) is 19.8 Å². The first-order valence-corrected chi connectivity index (χ1v) is 13.3. The van der Waals surface area contributed by atoms with Crippen LogP contribution in [0.5, 0.6) is 0 Å². The molecule has 3 heterocycles. The number of nitrogens with one attached hydrogen (secondary N) is 2. The molecular weight excluding hydrogens is 541 g/mol. The number of carbonyl (C=O) groups excluding carboxylic acids is 3. The second-order valence-corrected chi connectivity index (χ2v) is 11.4. The number of nitrogens with zero attached hydrogens (tertiary/aromatic N) is 4. The standard InChI is InChI=1S/C28H29F3N6O4/c1-5-15-7-6-10-37-22(15)17(12-33-37)19(11-32)34-24(38)23-20-18(27(20,3)4)13-36(23)25(39)21(14(2)41-16-8-9-16)35-26(40)28(29,30)31/h1,6-7,10,12,14,16,18-21,23H,8-9,13H2,2-4H3,(H,34,38)(H,35,40). The number of hydrogen-bond acceptors (Lipinski definition) is 6. The highest BCUT2D eigenvalue weighted by Gasteiger charge is 2.70. The number of carbonyl (C=O) groups is 3. The quantitative estimate of drug-likeness (QED) is 0.468. The Hall–Kier alpha value is -4.10. The van der Waals surface area contributed by atoms with Gasteiger partial charge in [0.25, 0.3) is 0 Å². The van der Waals surface area contributed by atoms with Gasteiger partial charge >= 0.3 is 12.1 Å². The maximum Gasteiger partial charge on any atom is 0.471 e. The predicted octanol–water partition coefficient (Wildman–Crippen LogP) is 2.09. The molecule has 3 fully saturated rings. The number of pyridine rings is 1. The van der Waals surface area contributed by atoms with Crippen LogP contribution in [0.15, 0.2) is 24.5 Å². The van der Waals surface area contributed by atoms with Gasteiger partial charge in [0.05, 0.1) is 35.6 Å². The van der Waals surface area contributed by atoms with Crippen LogP contribution in [0.1, 0.15) is 50.8 Å². The molecule has 2 N–H and O–H groups in total. The third kappa shape index (κ3) is 5.10. The zero-order valence-corrected chi connectivity index (χ0v) is 22.6. The summed E-state index contributed by atoms with van der Waals surface area (Å²) in [6.07, 6.45) is 3.60. The molecule has 3 aliphatic rings. The zero-order valence-electron chi connectivity index (χ0n) is 22.6. The molecule has 0 aromatic carbocycles. The maximum atomic E-state index is 13.8. The first kappa shape index (κ1) is 28.4. The number of terminal acetylenes is 1. The summed E-state index contributed by atoms with van der Waals surface area (Å²) >= 11 is 0. The minimum atomic E-state index is -5.21. The second kappa shape index (κ2) is 10.1. The normalized spacial score (nSPS) is 24.9. The van der Waals surface area contributed by atoms with E-state index >= 15 is 0 Å². The van der Waals surface area contributed by atoms with E-state index in [-0.39, 0.29) is 29.9 Å². The number of likely N-dealkylation sites (tertiary alicyclic amines) is 1. The van der Waals surface area contributed by atoms with Crippen molar-refractivity contribution in [3.63, 3.8) is 0 Å². The van der Waals surface area contributed by atoms with Crippen LogP contribution in [0.3, 0.4) is 0 Å². The molecule has 6 atom stereocenters. The molecule has 0 spiro atoms. The summed E-state index contributed by atoms with van der Waals surface area (Å²) < 4.78 is 46.6. The Kier molecular flexibility index (Phi) is 6.98. The summed E-state index contributed by atoms with van der Waals surface area (Å²) in [7, 11) is 0. The van der Waals surface area contributed by atoms with Crippen LogP contribution in [0, 0.1) is 40.9 Å². The SMILES string of the molecule is C#Cc1cccn2ncc(C(C#N)NC(=O)C3C4C(CN3C(=O)C(NC(=O)C(F)(F)F)C(C)OC3CC3)C4(C)C)c12. The van der Waals surface area contributed by atoms with E-state index in [9.17, 15) is 32.8 Å². The average molecular weight is 571 g/mol. The Morgan fingerprint density at radius 1 is 1.27 bits per heavy atom. The fourth-order valence-corrected chi connectivity index (χ4v) is 5.98. The number of ether oxygens (including phenoxy) is 1. The molecule has 5 rings (SSSR count). The fraction of sp³-hybridized carbons (Fsp3) is 0.536. The molecule has 10 nitrogen and oxygen atoms in total. The summed E-state index contributed by atoms with van der Waals surface area (Å²) in [5.41, 5.74) is 0.969. The summed E-state index contributed by atoms with van der Waals surface area (Å²) in [5, 5.41) is 18.7. The third-order valence-electron chi connectivity index (χ3n) is 8.42. The first-order valence-electron chi connectivity index (χ1n) is 13.3. The third-order valence-corrected chi connectivity index (χ3v) is 8.42. The van der Waals surface area contributed by atoms with Crippen molar-refractivity contribution in [2.45, 2.75) is 70.1 Å². The Balaban J connectivity index is 1.42. The molecule has 1 saturated heterocycles. The zero-order chi connectivity index (χ0) is 29.9. The molecule has 0 radical (unpaired) electrons. The van der Waals surface area contributed by atoms with E-state index in [4.69, 9.17) is 11.2 Å². The van der Waals surface area contributed by atoms with Crippen molar-refractivity contribution in [2.24, 2.45) is 17.3 Å². The predicted molar refractivity (Wildman–Crippen MR) is 137 cm³/mol. The first-order chi connectivity index (χ1) is 19.3. The van der Waals surface area contributed by atoms with Gasteiger partial charge in [-0.05, 0) is 49.1 Å². The molecule has 2 aromatic rings. The minimum Gasteiger partial charge on any atom is -0.373 e. The topological polar surface area (TPSA) is 129 Å². The van der Waals surface area contributed by atoms with Crippen LogP contribution in [-0.2, 0) is 19.1 Å². The van der Waals surface area contributed by atoms with Gasteiger partial charge in [0.15, 0.2) is 0 Å². The van der Waals surface area contributed by atoms with Crippen molar-refractivity contribution in [1.82, 2.24) is 25.1 Å². The van der Waals surface area contributed by atoms with E-state index < -0.39 is 48.1 Å². The van der Waals surface area contributed by atoms with Gasteiger partial charge in [0.2, 0.25) is 11.8 Å². The van der Waals surface area contributed by atoms with Crippen molar-refractivity contribution in [1.29, 1.82) is 5.26 Å². The largest absolute Gasteiger partial charge is 0.471 e. The molecule has 6 unspecified atom stereocenters. The van der Waals surface area contributed by atoms with Gasteiger partial charge in [0.1, 0.15) is 18.1 Å². The monoisotopic (exact) mass is 570 g/mol. The van der Waals surface area contributed by atoms with Crippen LogP contribution in [0.4, 0.5) is 13.2 Å². The smallest absolute Gasteiger partial charge is 0.373 e. The van der Waals surface area contributed by atoms with E-state index in [2.05, 4.69) is 16.3 Å². The van der Waals surface area contributed by atoms with Crippen LogP contribution in [0.25, 0.3) is 5.52 Å². The van der Waals surface area contributed by atoms with Crippen molar-refractivity contribution in [2.75, 3.05) is 6.54 Å². The minimum absolute atomic E-state index is 0.0913. The number of hydrogen-bond donors (Lipinski definition) is 2. The van der Waals surface area contributed by atoms with Crippen LogP contribution >= 0.6 is 0 Å². The highest BCUT2D eigenvalue weighted by Crippen LogP contribution is 2.65. The molecule has 1 aliphatic heterocycles. The molecule has 13 heteroatoms. The molecule has 2 saturated carbocycles. The Morgan fingerprint density at radius 3 is 2.59 bits per heavy atom. The van der Waals surface area contributed by atoms with Gasteiger partial charge in [-0.15, -0.1) is 6.42 Å². The second-order valence-electron chi connectivity index (χ2n) is 11.4. The number of aromatic nitrogens is 2. The molecule has 216 valence electrons. The number of alkyl halides is 3. The lowest BCUT2D eigenvalue weighted by molar-refractivity contribution is -0.176. The lowest BCUT2D eigenvalue weighted by atomic mass is 9.98. The molecule has 41 heavy (non-hydrogen) atoms. The van der Waals surface area contributed by atoms with Gasteiger partial charge in [-0.2, -0.15) is 23.5 Å². The van der Waals surface area contributed by atoms with E-state index in [0.29, 0.717) is 29.5 Å². The molecule has 2 aromatic heterocycles. The molecule has 2 aliphatic carbocycles. The average Bonchev–Trinajstić information content (AvgIpc) is 3.67. The fourth-order valence-electron chi connectivity index (χ4n) is 5.98. The summed E-state index contributed by atoms with van der Waals surface area (Å²) in [6, 6.07) is 1.50. The summed E-state index contributed by atoms with van der Waals surface area (Å²) in [6.45, 7) is 5.42. The van der Waals surface area contributed by atoms with Gasteiger partial charge in [-0.25, -0.2) is 4.52 Å². The van der Waals surface area contributed by atoms with Gasteiger partial charge in [0, 0.05) is 18.3 Å². The molecule has 3 amide bonds. The van der Waals surface area contributed by atoms with Gasteiger partial charge in [-0.3, -0.25) is 14.4 Å². The highest BCUT2D eigenvalue weighted by atomic mass is 19.4. The summed E-state index contributed by atoms with van der Waals surface area (Å²) in [5.74, 6) is -1.61. The van der Waals surface area contributed by atoms with E-state index in [1.165, 1.54) is 22.5 Å². The molecule has 0 bridgehead atoms. The van der Waals surface area contributed by atoms with Gasteiger partial charge < -0.3 is 20.3 Å². The summed E-state index contributed by atoms with van der Waals surface area (Å²) in [4.78, 5) is 40.6. The van der Waals surface area contributed by atoms with Crippen LogP contribution < -0.4 is 10.6 Å². The maximum absolute atomic E-state index is 13.8.